The van der Waals surface area contributed by atoms with Crippen LogP contribution in [0, 0.1) is 0 Å². The number of aromatic nitrogens is 3. The van der Waals surface area contributed by atoms with Crippen LogP contribution in [0.4, 0.5) is 5.69 Å². The van der Waals surface area contributed by atoms with E-state index in [4.69, 9.17) is 0 Å². The minimum Gasteiger partial charge on any atom is -0.369 e. The summed E-state index contributed by atoms with van der Waals surface area (Å²) in [6, 6.07) is 4.96. The number of likely N-dealkylation sites (tertiary alicyclic amines) is 1. The van der Waals surface area contributed by atoms with Crippen LogP contribution < -0.4 is 4.90 Å². The summed E-state index contributed by atoms with van der Waals surface area (Å²) < 4.78 is 2.74. The molecule has 2 aromatic heterocycles. The van der Waals surface area contributed by atoms with E-state index in [0.29, 0.717) is 0 Å². The summed E-state index contributed by atoms with van der Waals surface area (Å²) in [5.41, 5.74) is 1.22. The number of hydrogen-bond donors (Lipinski definition) is 0. The molecule has 0 aromatic carbocycles. The van der Waals surface area contributed by atoms with Gasteiger partial charge in [-0.05, 0) is 54.0 Å². The molecule has 2 saturated heterocycles. The van der Waals surface area contributed by atoms with Crippen LogP contribution in [0.2, 0.25) is 0 Å². The quantitative estimate of drug-likeness (QED) is 0.853. The second-order valence-electron chi connectivity index (χ2n) is 5.76. The molecule has 0 saturated carbocycles. The lowest BCUT2D eigenvalue weighted by Gasteiger charge is -2.36. The molecule has 0 radical (unpaired) electrons. The molecule has 2 fully saturated rings. The Hall–Kier alpha value is -1.40. The fraction of sp³-hybridized carbons (Fsp3) is 0.467. The molecule has 0 N–H and O–H groups in total. The third-order valence-corrected chi connectivity index (χ3v) is 4.89. The Bertz CT molecular complexity index is 619. The minimum absolute atomic E-state index is 0.739. The van der Waals surface area contributed by atoms with E-state index < -0.39 is 0 Å². The SMILES string of the molecule is Brc1cn(-c2ccc(N3CC[C@@H](N4CCC4)C3)cn2)cn1. The van der Waals surface area contributed by atoms with Crippen LogP contribution in [-0.2, 0) is 0 Å². The van der Waals surface area contributed by atoms with E-state index >= 15 is 0 Å². The minimum atomic E-state index is 0.739. The topological polar surface area (TPSA) is 37.2 Å². The van der Waals surface area contributed by atoms with Crippen LogP contribution in [0.25, 0.3) is 5.82 Å². The lowest BCUT2D eigenvalue weighted by atomic mass is 10.1. The number of hydrogen-bond acceptors (Lipinski definition) is 4. The molecule has 4 rings (SSSR count). The molecule has 0 spiro atoms. The van der Waals surface area contributed by atoms with Gasteiger partial charge in [-0.15, -0.1) is 0 Å². The second-order valence-corrected chi connectivity index (χ2v) is 6.57. The Morgan fingerprint density at radius 2 is 2.05 bits per heavy atom. The van der Waals surface area contributed by atoms with Gasteiger partial charge in [0.2, 0.25) is 0 Å². The molecular formula is C15H18BrN5. The van der Waals surface area contributed by atoms with Gasteiger partial charge in [0.1, 0.15) is 16.7 Å². The van der Waals surface area contributed by atoms with E-state index in [1.54, 1.807) is 6.33 Å². The first kappa shape index (κ1) is 13.3. The van der Waals surface area contributed by atoms with Gasteiger partial charge in [-0.25, -0.2) is 9.97 Å². The van der Waals surface area contributed by atoms with Gasteiger partial charge in [0.25, 0.3) is 0 Å². The third-order valence-electron chi connectivity index (χ3n) is 4.48. The van der Waals surface area contributed by atoms with Gasteiger partial charge >= 0.3 is 0 Å². The van der Waals surface area contributed by atoms with Gasteiger partial charge in [-0.2, -0.15) is 0 Å². The first-order chi connectivity index (χ1) is 10.3. The smallest absolute Gasteiger partial charge is 0.137 e. The maximum Gasteiger partial charge on any atom is 0.137 e. The lowest BCUT2D eigenvalue weighted by molar-refractivity contribution is 0.129. The van der Waals surface area contributed by atoms with Gasteiger partial charge < -0.3 is 4.90 Å². The molecular weight excluding hydrogens is 330 g/mol. The van der Waals surface area contributed by atoms with E-state index in [1.165, 1.54) is 31.6 Å². The van der Waals surface area contributed by atoms with Crippen molar-refractivity contribution in [2.24, 2.45) is 0 Å². The van der Waals surface area contributed by atoms with Crippen molar-refractivity contribution in [3.8, 4) is 5.82 Å². The first-order valence-corrected chi connectivity index (χ1v) is 8.24. The average Bonchev–Trinajstić information content (AvgIpc) is 3.07. The zero-order valence-corrected chi connectivity index (χ0v) is 13.4. The lowest BCUT2D eigenvalue weighted by Crippen LogP contribution is -2.46. The Morgan fingerprint density at radius 1 is 1.14 bits per heavy atom. The van der Waals surface area contributed by atoms with Crippen molar-refractivity contribution in [3.63, 3.8) is 0 Å². The molecule has 2 aliphatic heterocycles. The van der Waals surface area contributed by atoms with Crippen LogP contribution in [-0.4, -0.2) is 51.7 Å². The van der Waals surface area contributed by atoms with Crippen molar-refractivity contribution in [2.75, 3.05) is 31.1 Å². The maximum atomic E-state index is 4.56. The van der Waals surface area contributed by atoms with Crippen molar-refractivity contribution in [3.05, 3.63) is 35.5 Å². The van der Waals surface area contributed by atoms with E-state index in [2.05, 4.69) is 47.8 Å². The Morgan fingerprint density at radius 3 is 2.67 bits per heavy atom. The molecule has 5 nitrogen and oxygen atoms in total. The Kier molecular flexibility index (Phi) is 3.43. The van der Waals surface area contributed by atoms with Crippen molar-refractivity contribution in [1.82, 2.24) is 19.4 Å². The molecule has 0 unspecified atom stereocenters. The summed E-state index contributed by atoms with van der Waals surface area (Å²) in [7, 11) is 0. The molecule has 0 amide bonds. The van der Waals surface area contributed by atoms with Crippen LogP contribution in [0.15, 0.2) is 35.5 Å². The third kappa shape index (κ3) is 2.58. The van der Waals surface area contributed by atoms with E-state index in [1.807, 2.05) is 17.0 Å². The molecule has 21 heavy (non-hydrogen) atoms. The molecule has 0 aliphatic carbocycles. The van der Waals surface area contributed by atoms with Crippen molar-refractivity contribution < 1.29 is 0 Å². The Labute approximate surface area is 132 Å². The molecule has 1 atom stereocenters. The highest BCUT2D eigenvalue weighted by atomic mass is 79.9. The summed E-state index contributed by atoms with van der Waals surface area (Å²) in [6.07, 6.45) is 8.30. The highest BCUT2D eigenvalue weighted by Crippen LogP contribution is 2.25. The summed E-state index contributed by atoms with van der Waals surface area (Å²) >= 11 is 3.36. The number of anilines is 1. The van der Waals surface area contributed by atoms with Gasteiger partial charge in [0.05, 0.1) is 11.9 Å². The summed E-state index contributed by atoms with van der Waals surface area (Å²) in [5.74, 6) is 0.899. The predicted octanol–water partition coefficient (Wildman–Crippen LogP) is 2.31. The monoisotopic (exact) mass is 347 g/mol. The fourth-order valence-corrected chi connectivity index (χ4v) is 3.43. The highest BCUT2D eigenvalue weighted by Gasteiger charge is 2.30. The summed E-state index contributed by atoms with van der Waals surface area (Å²) in [6.45, 7) is 4.84. The summed E-state index contributed by atoms with van der Waals surface area (Å²) in [4.78, 5) is 13.8. The maximum absolute atomic E-state index is 4.56. The van der Waals surface area contributed by atoms with Crippen LogP contribution in [0.1, 0.15) is 12.8 Å². The Balaban J connectivity index is 1.46. The van der Waals surface area contributed by atoms with Crippen LogP contribution >= 0.6 is 15.9 Å². The van der Waals surface area contributed by atoms with Gasteiger partial charge in [-0.3, -0.25) is 9.47 Å². The zero-order chi connectivity index (χ0) is 14.2. The summed E-state index contributed by atoms with van der Waals surface area (Å²) in [5, 5.41) is 0. The second kappa shape index (κ2) is 5.42. The van der Waals surface area contributed by atoms with Crippen molar-refractivity contribution in [1.29, 1.82) is 0 Å². The molecule has 2 aromatic rings. The highest BCUT2D eigenvalue weighted by molar-refractivity contribution is 9.10. The van der Waals surface area contributed by atoms with Gasteiger partial charge in [0.15, 0.2) is 0 Å². The van der Waals surface area contributed by atoms with Gasteiger partial charge in [0, 0.05) is 25.3 Å². The number of nitrogens with zero attached hydrogens (tertiary/aromatic N) is 5. The molecule has 110 valence electrons. The molecule has 4 heterocycles. The largest absolute Gasteiger partial charge is 0.369 e. The number of halogens is 1. The van der Waals surface area contributed by atoms with Crippen LogP contribution in [0.5, 0.6) is 0 Å². The van der Waals surface area contributed by atoms with E-state index in [0.717, 1.165) is 29.6 Å². The average molecular weight is 348 g/mol. The van der Waals surface area contributed by atoms with Crippen molar-refractivity contribution >= 4 is 21.6 Å². The normalized spacial score (nSPS) is 22.5. The molecule has 2 aliphatic rings. The zero-order valence-electron chi connectivity index (χ0n) is 11.8. The first-order valence-electron chi connectivity index (χ1n) is 7.44. The van der Waals surface area contributed by atoms with E-state index in [9.17, 15) is 0 Å². The van der Waals surface area contributed by atoms with Crippen molar-refractivity contribution in [2.45, 2.75) is 18.9 Å². The number of imidazole rings is 1. The fourth-order valence-electron chi connectivity index (χ4n) is 3.12. The van der Waals surface area contributed by atoms with Crippen LogP contribution in [0.3, 0.4) is 0 Å². The van der Waals surface area contributed by atoms with Gasteiger partial charge in [-0.1, -0.05) is 0 Å². The molecule has 6 heteroatoms. The predicted molar refractivity (Wildman–Crippen MR) is 85.9 cm³/mol. The number of rotatable bonds is 3. The molecule has 0 bridgehead atoms. The van der Waals surface area contributed by atoms with E-state index in [-0.39, 0.29) is 0 Å². The standard InChI is InChI=1S/C15H18BrN5/c16-14-10-21(11-18-14)15-3-2-12(8-17-15)20-7-4-13(9-20)19-5-1-6-19/h2-3,8,10-11,13H,1,4-7,9H2/t13-/m1/s1. The number of pyridine rings is 1.